The van der Waals surface area contributed by atoms with Crippen LogP contribution in [0.3, 0.4) is 0 Å². The van der Waals surface area contributed by atoms with Crippen LogP contribution in [-0.4, -0.2) is 44.0 Å². The monoisotopic (exact) mass is 396 g/mol. The number of hydrogen-bond donors (Lipinski definition) is 1. The van der Waals surface area contributed by atoms with Gasteiger partial charge in [-0.1, -0.05) is 17.2 Å². The molecule has 29 heavy (non-hydrogen) atoms. The number of nitrogens with zero attached hydrogens (tertiary/aromatic N) is 1. The molecule has 0 aromatic heterocycles. The number of amides is 2. The number of rotatable bonds is 5. The number of carbonyl (C=O) groups excluding carboxylic acids is 2. The summed E-state index contributed by atoms with van der Waals surface area (Å²) in [6.07, 6.45) is 1.54. The molecule has 0 bridgehead atoms. The van der Waals surface area contributed by atoms with E-state index in [0.717, 1.165) is 24.0 Å². The Morgan fingerprint density at radius 1 is 1.03 bits per heavy atom. The van der Waals surface area contributed by atoms with Gasteiger partial charge in [0.25, 0.3) is 5.91 Å². The van der Waals surface area contributed by atoms with Crippen LogP contribution >= 0.6 is 0 Å². The van der Waals surface area contributed by atoms with Crippen LogP contribution in [0.4, 0.5) is 5.69 Å². The van der Waals surface area contributed by atoms with E-state index in [-0.39, 0.29) is 17.7 Å². The highest BCUT2D eigenvalue weighted by molar-refractivity contribution is 5.97. The highest BCUT2D eigenvalue weighted by atomic mass is 16.5. The summed E-state index contributed by atoms with van der Waals surface area (Å²) in [6.45, 7) is 5.04. The van der Waals surface area contributed by atoms with E-state index in [1.165, 1.54) is 0 Å². The molecule has 0 saturated carbocycles. The lowest BCUT2D eigenvalue weighted by molar-refractivity contribution is -0.121. The van der Waals surface area contributed by atoms with Gasteiger partial charge in [-0.15, -0.1) is 0 Å². The summed E-state index contributed by atoms with van der Waals surface area (Å²) in [4.78, 5) is 27.7. The van der Waals surface area contributed by atoms with Crippen LogP contribution in [0.15, 0.2) is 36.4 Å². The molecule has 1 heterocycles. The SMILES string of the molecule is COc1ccc(OC)c(NC(=O)[C@H]2CCCN(C(=O)c3cc(C)cc(C)c3)C2)c1. The zero-order valence-electron chi connectivity index (χ0n) is 17.5. The van der Waals surface area contributed by atoms with Crippen molar-refractivity contribution in [1.29, 1.82) is 0 Å². The second-order valence-corrected chi connectivity index (χ2v) is 7.52. The lowest BCUT2D eigenvalue weighted by Crippen LogP contribution is -2.43. The molecule has 1 aliphatic rings. The number of anilines is 1. The van der Waals surface area contributed by atoms with Crippen LogP contribution in [-0.2, 0) is 4.79 Å². The Bertz CT molecular complexity index is 889. The molecule has 1 atom stereocenters. The Hall–Kier alpha value is -3.02. The van der Waals surface area contributed by atoms with Gasteiger partial charge in [-0.05, 0) is 51.0 Å². The minimum absolute atomic E-state index is 0.0201. The van der Waals surface area contributed by atoms with Crippen molar-refractivity contribution in [2.75, 3.05) is 32.6 Å². The minimum Gasteiger partial charge on any atom is -0.497 e. The largest absolute Gasteiger partial charge is 0.497 e. The molecule has 1 saturated heterocycles. The molecular formula is C23H28N2O4. The maximum absolute atomic E-state index is 13.0. The van der Waals surface area contributed by atoms with E-state index < -0.39 is 0 Å². The Morgan fingerprint density at radius 3 is 2.41 bits per heavy atom. The van der Waals surface area contributed by atoms with Crippen LogP contribution in [0, 0.1) is 19.8 Å². The number of likely N-dealkylation sites (tertiary alicyclic amines) is 1. The van der Waals surface area contributed by atoms with Crippen molar-refractivity contribution < 1.29 is 19.1 Å². The van der Waals surface area contributed by atoms with E-state index in [1.807, 2.05) is 32.0 Å². The molecule has 6 nitrogen and oxygen atoms in total. The lowest BCUT2D eigenvalue weighted by atomic mass is 9.96. The Morgan fingerprint density at radius 2 is 1.76 bits per heavy atom. The number of aryl methyl sites for hydroxylation is 2. The van der Waals surface area contributed by atoms with Gasteiger partial charge in [0.15, 0.2) is 0 Å². The van der Waals surface area contributed by atoms with Crippen molar-refractivity contribution in [2.24, 2.45) is 5.92 Å². The second-order valence-electron chi connectivity index (χ2n) is 7.52. The van der Waals surface area contributed by atoms with Crippen molar-refractivity contribution >= 4 is 17.5 Å². The fourth-order valence-electron chi connectivity index (χ4n) is 3.80. The van der Waals surface area contributed by atoms with Gasteiger partial charge in [0.05, 0.1) is 25.8 Å². The van der Waals surface area contributed by atoms with Crippen molar-refractivity contribution in [3.05, 3.63) is 53.1 Å². The summed E-state index contributed by atoms with van der Waals surface area (Å²) < 4.78 is 10.6. The van der Waals surface area contributed by atoms with Crippen molar-refractivity contribution in [3.63, 3.8) is 0 Å². The van der Waals surface area contributed by atoms with Gasteiger partial charge < -0.3 is 19.7 Å². The molecule has 2 aromatic rings. The zero-order chi connectivity index (χ0) is 21.0. The highest BCUT2D eigenvalue weighted by Gasteiger charge is 2.29. The summed E-state index contributed by atoms with van der Waals surface area (Å²) in [5.74, 6) is 0.798. The zero-order valence-corrected chi connectivity index (χ0v) is 17.5. The van der Waals surface area contributed by atoms with Gasteiger partial charge in [0.1, 0.15) is 11.5 Å². The Labute approximate surface area is 171 Å². The number of methoxy groups -OCH3 is 2. The predicted octanol–water partition coefficient (Wildman–Crippen LogP) is 3.81. The summed E-state index contributed by atoms with van der Waals surface area (Å²) in [5, 5.41) is 2.94. The van der Waals surface area contributed by atoms with E-state index in [4.69, 9.17) is 9.47 Å². The van der Waals surface area contributed by atoms with Gasteiger partial charge in [0.2, 0.25) is 5.91 Å². The lowest BCUT2D eigenvalue weighted by Gasteiger charge is -2.32. The Balaban J connectivity index is 1.72. The van der Waals surface area contributed by atoms with E-state index in [2.05, 4.69) is 5.32 Å². The number of hydrogen-bond acceptors (Lipinski definition) is 4. The molecule has 154 valence electrons. The van der Waals surface area contributed by atoms with Crippen LogP contribution in [0.1, 0.15) is 34.3 Å². The normalized spacial score (nSPS) is 16.3. The summed E-state index contributed by atoms with van der Waals surface area (Å²) in [5.41, 5.74) is 3.36. The van der Waals surface area contributed by atoms with Crippen molar-refractivity contribution in [1.82, 2.24) is 4.90 Å². The second kappa shape index (κ2) is 8.99. The van der Waals surface area contributed by atoms with E-state index in [0.29, 0.717) is 35.8 Å². The summed E-state index contributed by atoms with van der Waals surface area (Å²) in [6, 6.07) is 11.1. The molecule has 3 rings (SSSR count). The number of carbonyl (C=O) groups is 2. The molecule has 0 aliphatic carbocycles. The standard InChI is InChI=1S/C23H28N2O4/c1-15-10-16(2)12-18(11-15)23(27)25-9-5-6-17(14-25)22(26)24-20-13-19(28-3)7-8-21(20)29-4/h7-8,10-13,17H,5-6,9,14H2,1-4H3,(H,24,26)/t17-/m0/s1. The molecule has 0 unspecified atom stereocenters. The smallest absolute Gasteiger partial charge is 0.253 e. The van der Waals surface area contributed by atoms with Crippen LogP contribution in [0.25, 0.3) is 0 Å². The van der Waals surface area contributed by atoms with Crippen LogP contribution in [0.2, 0.25) is 0 Å². The van der Waals surface area contributed by atoms with Crippen LogP contribution in [0.5, 0.6) is 11.5 Å². The first-order chi connectivity index (χ1) is 13.9. The molecule has 0 spiro atoms. The molecule has 2 amide bonds. The molecular weight excluding hydrogens is 368 g/mol. The topological polar surface area (TPSA) is 67.9 Å². The van der Waals surface area contributed by atoms with E-state index in [1.54, 1.807) is 37.3 Å². The van der Waals surface area contributed by atoms with Gasteiger partial charge in [-0.3, -0.25) is 9.59 Å². The highest BCUT2D eigenvalue weighted by Crippen LogP contribution is 2.30. The van der Waals surface area contributed by atoms with Crippen molar-refractivity contribution in [2.45, 2.75) is 26.7 Å². The average Bonchev–Trinajstić information content (AvgIpc) is 2.72. The molecule has 1 N–H and O–H groups in total. The third-order valence-electron chi connectivity index (χ3n) is 5.21. The third-order valence-corrected chi connectivity index (χ3v) is 5.21. The minimum atomic E-state index is -0.269. The number of nitrogens with one attached hydrogen (secondary N) is 1. The summed E-state index contributed by atoms with van der Waals surface area (Å²) >= 11 is 0. The first-order valence-corrected chi connectivity index (χ1v) is 9.81. The van der Waals surface area contributed by atoms with Gasteiger partial charge >= 0.3 is 0 Å². The molecule has 2 aromatic carbocycles. The number of ether oxygens (including phenoxy) is 2. The van der Waals surface area contributed by atoms with Gasteiger partial charge in [-0.25, -0.2) is 0 Å². The van der Waals surface area contributed by atoms with E-state index >= 15 is 0 Å². The molecule has 1 aliphatic heterocycles. The summed E-state index contributed by atoms with van der Waals surface area (Å²) in [7, 11) is 3.13. The van der Waals surface area contributed by atoms with E-state index in [9.17, 15) is 9.59 Å². The van der Waals surface area contributed by atoms with Gasteiger partial charge in [-0.2, -0.15) is 0 Å². The first-order valence-electron chi connectivity index (χ1n) is 9.81. The Kier molecular flexibility index (Phi) is 6.42. The fourth-order valence-corrected chi connectivity index (χ4v) is 3.80. The first kappa shape index (κ1) is 20.7. The maximum Gasteiger partial charge on any atom is 0.253 e. The number of piperidine rings is 1. The third kappa shape index (κ3) is 4.88. The predicted molar refractivity (Wildman–Crippen MR) is 113 cm³/mol. The average molecular weight is 396 g/mol. The van der Waals surface area contributed by atoms with Crippen molar-refractivity contribution in [3.8, 4) is 11.5 Å². The fraction of sp³-hybridized carbons (Fsp3) is 0.391. The van der Waals surface area contributed by atoms with Crippen LogP contribution < -0.4 is 14.8 Å². The van der Waals surface area contributed by atoms with Gasteiger partial charge in [0, 0.05) is 24.7 Å². The maximum atomic E-state index is 13.0. The number of benzene rings is 2. The molecule has 6 heteroatoms. The quantitative estimate of drug-likeness (QED) is 0.834. The molecule has 1 fully saturated rings. The molecule has 0 radical (unpaired) electrons.